The maximum Gasteiger partial charge on any atom is 0.159 e. The molecule has 0 bridgehead atoms. The molecule has 0 aliphatic heterocycles. The lowest BCUT2D eigenvalue weighted by atomic mass is 9.74. The van der Waals surface area contributed by atoms with Crippen LogP contribution in [0.1, 0.15) is 43.1 Å². The Morgan fingerprint density at radius 3 is 2.81 bits per heavy atom. The zero-order valence-corrected chi connectivity index (χ0v) is 14.2. The minimum Gasteiger partial charge on any atom is -0.324 e. The second-order valence-corrected chi connectivity index (χ2v) is 7.57. The Bertz CT molecular complexity index is 694. The van der Waals surface area contributed by atoms with Crippen molar-refractivity contribution < 1.29 is 0 Å². The predicted molar refractivity (Wildman–Crippen MR) is 88.9 cm³/mol. The van der Waals surface area contributed by atoms with Crippen molar-refractivity contribution in [3.63, 3.8) is 0 Å². The Labute approximate surface area is 134 Å². The molecule has 1 heterocycles. The minimum atomic E-state index is 0.0440. The number of nitrogens with two attached hydrogens (primary N) is 1. The van der Waals surface area contributed by atoms with Gasteiger partial charge in [-0.3, -0.25) is 0 Å². The fourth-order valence-electron chi connectivity index (χ4n) is 2.98. The summed E-state index contributed by atoms with van der Waals surface area (Å²) in [6, 6.07) is 6.26. The number of aryl methyl sites for hydroxylation is 1. The van der Waals surface area contributed by atoms with E-state index in [0.29, 0.717) is 0 Å². The van der Waals surface area contributed by atoms with Crippen molar-refractivity contribution in [1.29, 1.82) is 0 Å². The van der Waals surface area contributed by atoms with Crippen LogP contribution in [0.4, 0.5) is 0 Å². The molecule has 2 N–H and O–H groups in total. The highest BCUT2D eigenvalue weighted by atomic mass is 79.9. The maximum atomic E-state index is 6.27. The van der Waals surface area contributed by atoms with Gasteiger partial charge in [0.15, 0.2) is 5.82 Å². The monoisotopic (exact) mass is 345 g/mol. The third-order valence-electron chi connectivity index (χ3n) is 4.15. The first-order valence-corrected chi connectivity index (χ1v) is 8.03. The Morgan fingerprint density at radius 2 is 2.10 bits per heavy atom. The Hall–Kier alpha value is -1.26. The van der Waals surface area contributed by atoms with Gasteiger partial charge in [-0.15, -0.1) is 0 Å². The van der Waals surface area contributed by atoms with Gasteiger partial charge in [0.2, 0.25) is 0 Å². The van der Waals surface area contributed by atoms with Gasteiger partial charge >= 0.3 is 0 Å². The van der Waals surface area contributed by atoms with E-state index >= 15 is 0 Å². The zero-order chi connectivity index (χ0) is 15.2. The van der Waals surface area contributed by atoms with E-state index in [-0.39, 0.29) is 11.5 Å². The molecule has 0 radical (unpaired) electrons. The molecule has 1 aliphatic carbocycles. The summed E-state index contributed by atoms with van der Waals surface area (Å²) >= 11 is 3.57. The van der Waals surface area contributed by atoms with Crippen LogP contribution in [-0.2, 0) is 6.42 Å². The number of hydrogen-bond acceptors (Lipinski definition) is 3. The molecule has 0 fully saturated rings. The molecular formula is C17H20BrN3. The first-order chi connectivity index (χ1) is 9.85. The van der Waals surface area contributed by atoms with Crippen LogP contribution < -0.4 is 5.73 Å². The lowest BCUT2D eigenvalue weighted by Crippen LogP contribution is -2.30. The average molecular weight is 346 g/mol. The molecule has 1 aliphatic rings. The number of fused-ring (bicyclic) bond motifs is 1. The smallest absolute Gasteiger partial charge is 0.159 e. The Balaban J connectivity index is 2.05. The fourth-order valence-corrected chi connectivity index (χ4v) is 3.36. The van der Waals surface area contributed by atoms with Gasteiger partial charge in [-0.2, -0.15) is 0 Å². The molecule has 2 aromatic rings. The maximum absolute atomic E-state index is 6.27. The molecule has 110 valence electrons. The highest BCUT2D eigenvalue weighted by Gasteiger charge is 2.31. The average Bonchev–Trinajstić information content (AvgIpc) is 2.40. The number of halogens is 1. The van der Waals surface area contributed by atoms with E-state index in [4.69, 9.17) is 10.7 Å². The first kappa shape index (κ1) is 14.7. The third kappa shape index (κ3) is 2.87. The van der Waals surface area contributed by atoms with E-state index in [9.17, 15) is 0 Å². The Kier molecular flexibility index (Phi) is 3.62. The summed E-state index contributed by atoms with van der Waals surface area (Å²) < 4.78 is 1.08. The summed E-state index contributed by atoms with van der Waals surface area (Å²) in [5.41, 5.74) is 10.9. The molecule has 21 heavy (non-hydrogen) atoms. The van der Waals surface area contributed by atoms with Gasteiger partial charge in [-0.05, 0) is 36.8 Å². The molecule has 0 saturated heterocycles. The van der Waals surface area contributed by atoms with Crippen molar-refractivity contribution in [3.8, 4) is 11.4 Å². The van der Waals surface area contributed by atoms with Gasteiger partial charge in [0.1, 0.15) is 0 Å². The summed E-state index contributed by atoms with van der Waals surface area (Å²) in [6.07, 6.45) is 3.85. The molecule has 3 nitrogen and oxygen atoms in total. The van der Waals surface area contributed by atoms with Crippen molar-refractivity contribution >= 4 is 15.9 Å². The molecule has 0 saturated carbocycles. The van der Waals surface area contributed by atoms with Gasteiger partial charge < -0.3 is 5.73 Å². The van der Waals surface area contributed by atoms with E-state index < -0.39 is 0 Å². The predicted octanol–water partition coefficient (Wildman–Crippen LogP) is 4.19. The van der Waals surface area contributed by atoms with Gasteiger partial charge in [0.05, 0.1) is 0 Å². The highest BCUT2D eigenvalue weighted by Crippen LogP contribution is 2.39. The fraction of sp³-hybridized carbons (Fsp3) is 0.412. The van der Waals surface area contributed by atoms with Crippen LogP contribution in [-0.4, -0.2) is 9.97 Å². The molecule has 1 atom stereocenters. The van der Waals surface area contributed by atoms with Crippen LogP contribution in [0.15, 0.2) is 28.9 Å². The Morgan fingerprint density at radius 1 is 1.33 bits per heavy atom. The van der Waals surface area contributed by atoms with E-state index in [2.05, 4.69) is 59.9 Å². The molecule has 4 heteroatoms. The summed E-state index contributed by atoms with van der Waals surface area (Å²) in [5, 5.41) is 0. The van der Waals surface area contributed by atoms with E-state index in [1.807, 2.05) is 6.20 Å². The topological polar surface area (TPSA) is 51.8 Å². The lowest BCUT2D eigenvalue weighted by molar-refractivity contribution is 0.278. The standard InChI is InChI=1S/C17H20BrN3/c1-10-4-5-11(6-13(10)18)16-20-9-12-14(19)7-17(2,3)8-15(12)21-16/h4-6,9,14H,7-8,19H2,1-3H3. The summed E-state index contributed by atoms with van der Waals surface area (Å²) in [6.45, 7) is 6.57. The number of hydrogen-bond donors (Lipinski definition) is 1. The number of nitrogens with zero attached hydrogens (tertiary/aromatic N) is 2. The van der Waals surface area contributed by atoms with E-state index in [0.717, 1.165) is 40.0 Å². The second-order valence-electron chi connectivity index (χ2n) is 6.71. The van der Waals surface area contributed by atoms with Gasteiger partial charge in [-0.1, -0.05) is 41.9 Å². The molecule has 1 unspecified atom stereocenters. The normalized spacial score (nSPS) is 20.1. The molecule has 0 amide bonds. The quantitative estimate of drug-likeness (QED) is 0.842. The van der Waals surface area contributed by atoms with Crippen LogP contribution >= 0.6 is 15.9 Å². The molecule has 0 spiro atoms. The van der Waals surface area contributed by atoms with Gasteiger partial charge in [0.25, 0.3) is 0 Å². The zero-order valence-electron chi connectivity index (χ0n) is 12.7. The molecular weight excluding hydrogens is 326 g/mol. The number of rotatable bonds is 1. The summed E-state index contributed by atoms with van der Waals surface area (Å²) in [7, 11) is 0. The van der Waals surface area contributed by atoms with Gasteiger partial charge in [-0.25, -0.2) is 9.97 Å². The highest BCUT2D eigenvalue weighted by molar-refractivity contribution is 9.10. The molecule has 1 aromatic carbocycles. The largest absolute Gasteiger partial charge is 0.324 e. The van der Waals surface area contributed by atoms with Crippen molar-refractivity contribution in [1.82, 2.24) is 9.97 Å². The van der Waals surface area contributed by atoms with Crippen molar-refractivity contribution in [3.05, 3.63) is 45.7 Å². The molecule has 1 aromatic heterocycles. The molecule has 3 rings (SSSR count). The lowest BCUT2D eigenvalue weighted by Gasteiger charge is -2.34. The number of benzene rings is 1. The van der Waals surface area contributed by atoms with Crippen LogP contribution in [0.2, 0.25) is 0 Å². The summed E-state index contributed by atoms with van der Waals surface area (Å²) in [5.74, 6) is 0.777. The van der Waals surface area contributed by atoms with Crippen LogP contribution in [0.5, 0.6) is 0 Å². The third-order valence-corrected chi connectivity index (χ3v) is 5.00. The van der Waals surface area contributed by atoms with Crippen LogP contribution in [0, 0.1) is 12.3 Å². The van der Waals surface area contributed by atoms with Crippen molar-refractivity contribution in [2.24, 2.45) is 11.1 Å². The van der Waals surface area contributed by atoms with Gasteiger partial charge in [0, 0.05) is 33.5 Å². The number of aromatic nitrogens is 2. The first-order valence-electron chi connectivity index (χ1n) is 7.24. The van der Waals surface area contributed by atoms with Crippen molar-refractivity contribution in [2.45, 2.75) is 39.7 Å². The van der Waals surface area contributed by atoms with E-state index in [1.165, 1.54) is 5.56 Å². The minimum absolute atomic E-state index is 0.0440. The van der Waals surface area contributed by atoms with Crippen LogP contribution in [0.3, 0.4) is 0 Å². The second kappa shape index (κ2) is 5.18. The van der Waals surface area contributed by atoms with Crippen molar-refractivity contribution in [2.75, 3.05) is 0 Å². The SMILES string of the molecule is Cc1ccc(-c2ncc3c(n2)CC(C)(C)CC3N)cc1Br. The van der Waals surface area contributed by atoms with E-state index in [1.54, 1.807) is 0 Å². The summed E-state index contributed by atoms with van der Waals surface area (Å²) in [4.78, 5) is 9.31. The van der Waals surface area contributed by atoms with Crippen LogP contribution in [0.25, 0.3) is 11.4 Å².